The molecule has 90 valence electrons. The van der Waals surface area contributed by atoms with Crippen molar-refractivity contribution in [1.82, 2.24) is 9.80 Å². The number of carbonyl (C=O) groups is 1. The fraction of sp³-hybridized carbons (Fsp3) is 0.833. The van der Waals surface area contributed by atoms with Crippen LogP contribution in [0.1, 0.15) is 27.2 Å². The van der Waals surface area contributed by atoms with Gasteiger partial charge >= 0.3 is 0 Å². The molecule has 1 saturated heterocycles. The van der Waals surface area contributed by atoms with Gasteiger partial charge in [-0.1, -0.05) is 6.92 Å². The normalized spacial score (nSPS) is 18.2. The van der Waals surface area contributed by atoms with Gasteiger partial charge in [-0.2, -0.15) is 5.26 Å². The minimum atomic E-state index is -0.882. The maximum absolute atomic E-state index is 12.0. The molecule has 0 aromatic carbocycles. The first-order chi connectivity index (χ1) is 7.51. The van der Waals surface area contributed by atoms with Crippen LogP contribution in [-0.4, -0.2) is 48.4 Å². The third-order valence-electron chi connectivity index (χ3n) is 3.01. The predicted octanol–water partition coefficient (Wildman–Crippen LogP) is 1.09. The van der Waals surface area contributed by atoms with E-state index in [0.717, 1.165) is 39.1 Å². The molecule has 1 amide bonds. The summed E-state index contributed by atoms with van der Waals surface area (Å²) >= 11 is 0. The number of piperazine rings is 1. The zero-order valence-corrected chi connectivity index (χ0v) is 10.5. The third kappa shape index (κ3) is 2.96. The van der Waals surface area contributed by atoms with E-state index in [1.807, 2.05) is 4.90 Å². The third-order valence-corrected chi connectivity index (χ3v) is 3.01. The van der Waals surface area contributed by atoms with Crippen molar-refractivity contribution >= 4 is 5.91 Å². The molecule has 0 spiro atoms. The van der Waals surface area contributed by atoms with Gasteiger partial charge in [0.25, 0.3) is 0 Å². The largest absolute Gasteiger partial charge is 0.339 e. The summed E-state index contributed by atoms with van der Waals surface area (Å²) in [5.41, 5.74) is -0.882. The van der Waals surface area contributed by atoms with E-state index >= 15 is 0 Å². The minimum Gasteiger partial charge on any atom is -0.339 e. The Labute approximate surface area is 97.8 Å². The Kier molecular flexibility index (Phi) is 4.31. The van der Waals surface area contributed by atoms with E-state index in [9.17, 15) is 4.79 Å². The lowest BCUT2D eigenvalue weighted by Crippen LogP contribution is -2.51. The Morgan fingerprint density at radius 1 is 1.31 bits per heavy atom. The van der Waals surface area contributed by atoms with E-state index in [4.69, 9.17) is 5.26 Å². The standard InChI is InChI=1S/C12H21N3O/c1-4-5-14-6-8-15(9-7-14)11(16)12(2,3)10-13/h4-9H2,1-3H3. The second kappa shape index (κ2) is 5.31. The first-order valence-corrected chi connectivity index (χ1v) is 5.94. The average Bonchev–Trinajstić information content (AvgIpc) is 2.29. The van der Waals surface area contributed by atoms with E-state index in [1.165, 1.54) is 0 Å². The Hall–Kier alpha value is -1.08. The zero-order valence-electron chi connectivity index (χ0n) is 10.5. The van der Waals surface area contributed by atoms with Crippen molar-refractivity contribution in [3.63, 3.8) is 0 Å². The van der Waals surface area contributed by atoms with Crippen LogP contribution in [-0.2, 0) is 4.79 Å². The summed E-state index contributed by atoms with van der Waals surface area (Å²) in [5, 5.41) is 8.92. The van der Waals surface area contributed by atoms with Gasteiger partial charge in [-0.15, -0.1) is 0 Å². The second-order valence-electron chi connectivity index (χ2n) is 4.87. The van der Waals surface area contributed by atoms with Crippen molar-refractivity contribution in [3.05, 3.63) is 0 Å². The maximum atomic E-state index is 12.0. The van der Waals surface area contributed by atoms with Crippen LogP contribution >= 0.6 is 0 Å². The summed E-state index contributed by atoms with van der Waals surface area (Å²) in [4.78, 5) is 16.2. The van der Waals surface area contributed by atoms with Gasteiger partial charge in [0.1, 0.15) is 5.41 Å². The molecule has 0 aromatic rings. The molecule has 1 rings (SSSR count). The van der Waals surface area contributed by atoms with Crippen molar-refractivity contribution in [2.75, 3.05) is 32.7 Å². The first kappa shape index (κ1) is 13.0. The van der Waals surface area contributed by atoms with Gasteiger partial charge in [0.15, 0.2) is 0 Å². The van der Waals surface area contributed by atoms with Gasteiger partial charge in [-0.05, 0) is 26.8 Å². The van der Waals surface area contributed by atoms with E-state index in [0.29, 0.717) is 0 Å². The van der Waals surface area contributed by atoms with Crippen LogP contribution in [0.5, 0.6) is 0 Å². The predicted molar refractivity (Wildman–Crippen MR) is 62.7 cm³/mol. The minimum absolute atomic E-state index is 0.0360. The van der Waals surface area contributed by atoms with Gasteiger partial charge < -0.3 is 4.90 Å². The molecule has 1 heterocycles. The van der Waals surface area contributed by atoms with Crippen LogP contribution in [0.4, 0.5) is 0 Å². The van der Waals surface area contributed by atoms with Crippen molar-refractivity contribution in [1.29, 1.82) is 5.26 Å². The van der Waals surface area contributed by atoms with Crippen LogP contribution in [0.25, 0.3) is 0 Å². The molecule has 16 heavy (non-hydrogen) atoms. The average molecular weight is 223 g/mol. The van der Waals surface area contributed by atoms with E-state index in [1.54, 1.807) is 13.8 Å². The summed E-state index contributed by atoms with van der Waals surface area (Å²) in [6, 6.07) is 2.07. The first-order valence-electron chi connectivity index (χ1n) is 5.94. The Morgan fingerprint density at radius 3 is 2.31 bits per heavy atom. The highest BCUT2D eigenvalue weighted by atomic mass is 16.2. The molecule has 0 radical (unpaired) electrons. The van der Waals surface area contributed by atoms with Crippen LogP contribution < -0.4 is 0 Å². The highest BCUT2D eigenvalue weighted by molar-refractivity contribution is 5.84. The summed E-state index contributed by atoms with van der Waals surface area (Å²) in [7, 11) is 0. The second-order valence-corrected chi connectivity index (χ2v) is 4.87. The summed E-state index contributed by atoms with van der Waals surface area (Å²) < 4.78 is 0. The fourth-order valence-electron chi connectivity index (χ4n) is 1.93. The molecule has 0 saturated carbocycles. The van der Waals surface area contributed by atoms with E-state index in [2.05, 4.69) is 17.9 Å². The number of amides is 1. The smallest absolute Gasteiger partial charge is 0.242 e. The molecule has 1 aliphatic rings. The summed E-state index contributed by atoms with van der Waals surface area (Å²) in [6.45, 7) is 10.0. The van der Waals surface area contributed by atoms with Crippen LogP contribution in [0.3, 0.4) is 0 Å². The molecule has 0 atom stereocenters. The van der Waals surface area contributed by atoms with Crippen molar-refractivity contribution in [2.45, 2.75) is 27.2 Å². The zero-order chi connectivity index (χ0) is 12.2. The molecular weight excluding hydrogens is 202 g/mol. The molecule has 1 aliphatic heterocycles. The molecule has 0 N–H and O–H groups in total. The van der Waals surface area contributed by atoms with Crippen LogP contribution in [0.2, 0.25) is 0 Å². The monoisotopic (exact) mass is 223 g/mol. The lowest BCUT2D eigenvalue weighted by Gasteiger charge is -2.36. The highest BCUT2D eigenvalue weighted by Crippen LogP contribution is 2.18. The quantitative estimate of drug-likeness (QED) is 0.719. The highest BCUT2D eigenvalue weighted by Gasteiger charge is 2.33. The topological polar surface area (TPSA) is 47.3 Å². The number of nitriles is 1. The molecule has 0 unspecified atom stereocenters. The van der Waals surface area contributed by atoms with Gasteiger partial charge in [0.05, 0.1) is 6.07 Å². The molecule has 4 nitrogen and oxygen atoms in total. The van der Waals surface area contributed by atoms with Gasteiger partial charge in [-0.25, -0.2) is 0 Å². The lowest BCUT2D eigenvalue weighted by molar-refractivity contribution is -0.139. The number of hydrogen-bond acceptors (Lipinski definition) is 3. The lowest BCUT2D eigenvalue weighted by atomic mass is 9.93. The Bertz CT molecular complexity index is 285. The number of hydrogen-bond donors (Lipinski definition) is 0. The number of carbonyl (C=O) groups excluding carboxylic acids is 1. The molecular formula is C12H21N3O. The summed E-state index contributed by atoms with van der Waals surface area (Å²) in [6.07, 6.45) is 1.15. The SMILES string of the molecule is CCCN1CCN(C(=O)C(C)(C)C#N)CC1. The van der Waals surface area contributed by atoms with Gasteiger partial charge in [0.2, 0.25) is 5.91 Å². The number of nitrogens with zero attached hydrogens (tertiary/aromatic N) is 3. The van der Waals surface area contributed by atoms with Gasteiger partial charge in [-0.3, -0.25) is 9.69 Å². The van der Waals surface area contributed by atoms with Crippen LogP contribution in [0, 0.1) is 16.7 Å². The van der Waals surface area contributed by atoms with Crippen molar-refractivity contribution in [2.24, 2.45) is 5.41 Å². The van der Waals surface area contributed by atoms with Crippen molar-refractivity contribution < 1.29 is 4.79 Å². The van der Waals surface area contributed by atoms with Gasteiger partial charge in [0, 0.05) is 26.2 Å². The maximum Gasteiger partial charge on any atom is 0.242 e. The number of rotatable bonds is 3. The molecule has 0 bridgehead atoms. The van der Waals surface area contributed by atoms with E-state index in [-0.39, 0.29) is 5.91 Å². The Morgan fingerprint density at radius 2 is 1.88 bits per heavy atom. The summed E-state index contributed by atoms with van der Waals surface area (Å²) in [5.74, 6) is -0.0360. The van der Waals surface area contributed by atoms with E-state index < -0.39 is 5.41 Å². The Balaban J connectivity index is 2.49. The fourth-order valence-corrected chi connectivity index (χ4v) is 1.93. The molecule has 4 heteroatoms. The molecule has 0 aliphatic carbocycles. The molecule has 1 fully saturated rings. The van der Waals surface area contributed by atoms with Crippen molar-refractivity contribution in [3.8, 4) is 6.07 Å². The van der Waals surface area contributed by atoms with Crippen LogP contribution in [0.15, 0.2) is 0 Å². The molecule has 0 aromatic heterocycles.